The molecule has 2 aromatic heterocycles. The van der Waals surface area contributed by atoms with Gasteiger partial charge in [-0.05, 0) is 36.2 Å². The number of nitrogens with two attached hydrogens (primary N) is 1. The van der Waals surface area contributed by atoms with E-state index >= 15 is 0 Å². The van der Waals surface area contributed by atoms with Crippen molar-refractivity contribution in [1.29, 1.82) is 0 Å². The molecule has 0 aliphatic carbocycles. The maximum atomic E-state index is 13.9. The third-order valence-corrected chi connectivity index (χ3v) is 8.17. The van der Waals surface area contributed by atoms with Crippen molar-refractivity contribution in [2.75, 3.05) is 59.8 Å². The maximum Gasteiger partial charge on any atom is 0.412 e. The van der Waals surface area contributed by atoms with Gasteiger partial charge in [-0.1, -0.05) is 36.4 Å². The molecule has 2 aliphatic rings. The van der Waals surface area contributed by atoms with Crippen LogP contribution in [0.3, 0.4) is 0 Å². The molecule has 1 unspecified atom stereocenters. The Morgan fingerprint density at radius 2 is 1.77 bits per heavy atom. The van der Waals surface area contributed by atoms with Crippen molar-refractivity contribution in [3.8, 4) is 0 Å². The number of morpholine rings is 1. The van der Waals surface area contributed by atoms with Crippen molar-refractivity contribution < 1.29 is 32.2 Å². The second-order valence-electron chi connectivity index (χ2n) is 11.5. The van der Waals surface area contributed by atoms with E-state index in [0.717, 1.165) is 11.3 Å². The third-order valence-electron chi connectivity index (χ3n) is 8.17. The van der Waals surface area contributed by atoms with Gasteiger partial charge >= 0.3 is 12.3 Å². The molecule has 2 aliphatic heterocycles. The predicted octanol–water partition coefficient (Wildman–Crippen LogP) is 5.18. The van der Waals surface area contributed by atoms with Crippen LogP contribution >= 0.6 is 0 Å². The smallest absolute Gasteiger partial charge is 0.412 e. The number of ether oxygens (including phenoxy) is 2. The zero-order valence-corrected chi connectivity index (χ0v) is 25.4. The Balaban J connectivity index is 1.30. The van der Waals surface area contributed by atoms with Crippen LogP contribution in [0.2, 0.25) is 0 Å². The van der Waals surface area contributed by atoms with Crippen molar-refractivity contribution >= 4 is 45.7 Å². The molecule has 4 N–H and O–H groups in total. The summed E-state index contributed by atoms with van der Waals surface area (Å²) in [7, 11) is 0. The summed E-state index contributed by atoms with van der Waals surface area (Å²) in [5, 5.41) is 6.07. The Labute approximate surface area is 268 Å². The number of benzene rings is 2. The molecule has 11 nitrogen and oxygen atoms in total. The number of anilines is 4. The summed E-state index contributed by atoms with van der Waals surface area (Å²) >= 11 is 0. The number of amides is 2. The Morgan fingerprint density at radius 3 is 2.53 bits per heavy atom. The highest BCUT2D eigenvalue weighted by atomic mass is 19.4. The number of hydrogen-bond donors (Lipinski definition) is 3. The predicted molar refractivity (Wildman–Crippen MR) is 172 cm³/mol. The minimum Gasteiger partial charge on any atom is -0.444 e. The summed E-state index contributed by atoms with van der Waals surface area (Å²) in [5.41, 5.74) is 8.69. The quantitative estimate of drug-likeness (QED) is 0.248. The molecular weight excluding hydrogens is 615 g/mol. The van der Waals surface area contributed by atoms with Crippen LogP contribution in [0.4, 0.5) is 40.7 Å². The van der Waals surface area contributed by atoms with E-state index < -0.39 is 30.1 Å². The van der Waals surface area contributed by atoms with Gasteiger partial charge in [-0.15, -0.1) is 0 Å². The molecule has 47 heavy (non-hydrogen) atoms. The normalized spacial score (nSPS) is 18.6. The standard InChI is InChI=1S/C33H34F3N7O4/c34-33(35,36)23-15-24(37)19-43(18-23)29-8-9-38-17-28(29)40-31(44)30-27(41-32(45)47-20-21-4-2-1-3-5-21)14-22-6-7-25(16-26(22)39-30)42-10-12-46-13-11-42/h1-9,14,16-17,23-24H,10-13,15,18-20,37H2,(H,40,44)(H,41,45)/t23?,24-/m0/s1. The van der Waals surface area contributed by atoms with E-state index in [2.05, 4.69) is 25.5 Å². The van der Waals surface area contributed by atoms with Crippen molar-refractivity contribution in [2.24, 2.45) is 11.7 Å². The van der Waals surface area contributed by atoms with Crippen molar-refractivity contribution in [3.05, 3.63) is 84.3 Å². The van der Waals surface area contributed by atoms with Gasteiger partial charge in [0.15, 0.2) is 5.69 Å². The SMILES string of the molecule is N[C@H]1CC(C(F)(F)F)CN(c2ccncc2NC(=O)c2nc3cc(N4CCOCC4)ccc3cc2NC(=O)OCc2ccccc2)C1. The lowest BCUT2D eigenvalue weighted by Gasteiger charge is -2.39. The Bertz CT molecular complexity index is 1730. The minimum absolute atomic E-state index is 0.00799. The first-order valence-electron chi connectivity index (χ1n) is 15.2. The van der Waals surface area contributed by atoms with Gasteiger partial charge in [0.05, 0.1) is 47.9 Å². The molecule has 6 rings (SSSR count). The average Bonchev–Trinajstić information content (AvgIpc) is 3.07. The largest absolute Gasteiger partial charge is 0.444 e. The van der Waals surface area contributed by atoms with Gasteiger partial charge in [0.2, 0.25) is 0 Å². The maximum absolute atomic E-state index is 13.9. The van der Waals surface area contributed by atoms with Crippen LogP contribution in [-0.2, 0) is 16.1 Å². The summed E-state index contributed by atoms with van der Waals surface area (Å²) in [6.45, 7) is 2.43. The number of rotatable bonds is 7. The van der Waals surface area contributed by atoms with Crippen LogP contribution in [-0.4, -0.2) is 73.6 Å². The van der Waals surface area contributed by atoms with Gasteiger partial charge in [-0.3, -0.25) is 15.1 Å². The van der Waals surface area contributed by atoms with E-state index in [1.54, 1.807) is 6.07 Å². The Kier molecular flexibility index (Phi) is 9.41. The highest BCUT2D eigenvalue weighted by Crippen LogP contribution is 2.37. The molecule has 0 radical (unpaired) electrons. The number of halogens is 3. The fraction of sp³-hybridized carbons (Fsp3) is 0.333. The minimum atomic E-state index is -4.42. The lowest BCUT2D eigenvalue weighted by Crippen LogP contribution is -2.51. The molecule has 14 heteroatoms. The zero-order chi connectivity index (χ0) is 33.0. The van der Waals surface area contributed by atoms with E-state index in [0.29, 0.717) is 42.9 Å². The second kappa shape index (κ2) is 13.8. The lowest BCUT2D eigenvalue weighted by molar-refractivity contribution is -0.177. The summed E-state index contributed by atoms with van der Waals surface area (Å²) in [6, 6.07) is 17.2. The van der Waals surface area contributed by atoms with E-state index in [1.165, 1.54) is 23.4 Å². The first-order valence-corrected chi connectivity index (χ1v) is 15.2. The van der Waals surface area contributed by atoms with Gasteiger partial charge in [0.1, 0.15) is 6.61 Å². The van der Waals surface area contributed by atoms with Gasteiger partial charge in [-0.25, -0.2) is 9.78 Å². The van der Waals surface area contributed by atoms with Gasteiger partial charge in [0, 0.05) is 49.5 Å². The second-order valence-corrected chi connectivity index (χ2v) is 11.5. The molecule has 2 atom stereocenters. The van der Waals surface area contributed by atoms with E-state index in [1.807, 2.05) is 48.5 Å². The highest BCUT2D eigenvalue weighted by Gasteiger charge is 2.44. The van der Waals surface area contributed by atoms with E-state index in [9.17, 15) is 22.8 Å². The fourth-order valence-electron chi connectivity index (χ4n) is 5.82. The number of aromatic nitrogens is 2. The molecule has 4 aromatic rings. The summed E-state index contributed by atoms with van der Waals surface area (Å²) in [6.07, 6.45) is -2.61. The van der Waals surface area contributed by atoms with Crippen LogP contribution in [0.25, 0.3) is 10.9 Å². The molecular formula is C33H34F3N7O4. The molecule has 2 fully saturated rings. The van der Waals surface area contributed by atoms with E-state index in [-0.39, 0.29) is 43.2 Å². The van der Waals surface area contributed by atoms with Crippen LogP contribution in [0.15, 0.2) is 73.1 Å². The Morgan fingerprint density at radius 1 is 0.979 bits per heavy atom. The number of nitrogens with zero attached hydrogens (tertiary/aromatic N) is 4. The lowest BCUT2D eigenvalue weighted by atomic mass is 9.93. The molecule has 0 bridgehead atoms. The van der Waals surface area contributed by atoms with Crippen LogP contribution in [0, 0.1) is 5.92 Å². The molecule has 0 spiro atoms. The summed E-state index contributed by atoms with van der Waals surface area (Å²) in [4.78, 5) is 39.2. The zero-order valence-electron chi connectivity index (χ0n) is 25.4. The third kappa shape index (κ3) is 7.72. The Hall–Kier alpha value is -4.95. The number of fused-ring (bicyclic) bond motifs is 1. The number of carbonyl (C=O) groups excluding carboxylic acids is 2. The van der Waals surface area contributed by atoms with Gasteiger partial charge < -0.3 is 30.3 Å². The average molecular weight is 650 g/mol. The monoisotopic (exact) mass is 649 g/mol. The van der Waals surface area contributed by atoms with E-state index in [4.69, 9.17) is 15.2 Å². The van der Waals surface area contributed by atoms with Crippen molar-refractivity contribution in [1.82, 2.24) is 9.97 Å². The summed E-state index contributed by atoms with van der Waals surface area (Å²) in [5.74, 6) is -2.33. The number of piperidine rings is 1. The number of alkyl halides is 3. The first kappa shape index (κ1) is 32.0. The number of nitrogens with one attached hydrogen (secondary N) is 2. The number of hydrogen-bond acceptors (Lipinski definition) is 9. The molecule has 2 amide bonds. The molecule has 4 heterocycles. The topological polar surface area (TPSA) is 135 Å². The fourth-order valence-corrected chi connectivity index (χ4v) is 5.82. The van der Waals surface area contributed by atoms with Crippen LogP contribution < -0.4 is 26.2 Å². The van der Waals surface area contributed by atoms with Crippen LogP contribution in [0.5, 0.6) is 0 Å². The van der Waals surface area contributed by atoms with Crippen LogP contribution in [0.1, 0.15) is 22.5 Å². The number of pyridine rings is 2. The number of carbonyl (C=O) groups is 2. The van der Waals surface area contributed by atoms with Crippen molar-refractivity contribution in [2.45, 2.75) is 25.2 Å². The highest BCUT2D eigenvalue weighted by molar-refractivity contribution is 6.11. The van der Waals surface area contributed by atoms with Gasteiger partial charge in [0.25, 0.3) is 5.91 Å². The van der Waals surface area contributed by atoms with Gasteiger partial charge in [-0.2, -0.15) is 13.2 Å². The summed E-state index contributed by atoms with van der Waals surface area (Å²) < 4.78 is 51.9. The molecule has 2 aromatic carbocycles. The molecule has 246 valence electrons. The first-order chi connectivity index (χ1) is 22.6. The molecule has 2 saturated heterocycles. The van der Waals surface area contributed by atoms with Crippen molar-refractivity contribution in [3.63, 3.8) is 0 Å². The molecule has 0 saturated carbocycles.